The van der Waals surface area contributed by atoms with Crippen LogP contribution in [0.5, 0.6) is 0 Å². The van der Waals surface area contributed by atoms with Gasteiger partial charge in [-0.05, 0) is 67.8 Å². The molecule has 1 aromatic rings. The van der Waals surface area contributed by atoms with E-state index in [1.807, 2.05) is 0 Å². The van der Waals surface area contributed by atoms with Gasteiger partial charge in [-0.2, -0.15) is 5.10 Å². The highest BCUT2D eigenvalue weighted by molar-refractivity contribution is 5.98. The Morgan fingerprint density at radius 1 is 1.12 bits per heavy atom. The van der Waals surface area contributed by atoms with Crippen molar-refractivity contribution < 1.29 is 14.7 Å². The predicted octanol–water partition coefficient (Wildman–Crippen LogP) is 3.44. The van der Waals surface area contributed by atoms with Gasteiger partial charge < -0.3 is 5.11 Å². The van der Waals surface area contributed by atoms with Gasteiger partial charge in [0.25, 0.3) is 0 Å². The fraction of sp³-hybridized carbons (Fsp3) is 0.550. The number of nitrogens with one attached hydrogen (secondary N) is 1. The lowest BCUT2D eigenvalue weighted by Crippen LogP contribution is -2.47. The zero-order chi connectivity index (χ0) is 17.4. The monoisotopic (exact) mass is 340 g/mol. The van der Waals surface area contributed by atoms with Crippen molar-refractivity contribution in [3.05, 3.63) is 35.4 Å². The van der Waals surface area contributed by atoms with Gasteiger partial charge in [0.2, 0.25) is 5.91 Å². The van der Waals surface area contributed by atoms with Gasteiger partial charge in [-0.1, -0.05) is 18.2 Å². The van der Waals surface area contributed by atoms with Crippen LogP contribution in [0.1, 0.15) is 60.9 Å². The van der Waals surface area contributed by atoms with Crippen LogP contribution in [0.2, 0.25) is 0 Å². The van der Waals surface area contributed by atoms with Gasteiger partial charge >= 0.3 is 5.97 Å². The Kier molecular flexibility index (Phi) is 4.10. The van der Waals surface area contributed by atoms with Gasteiger partial charge in [0.15, 0.2) is 0 Å². The summed E-state index contributed by atoms with van der Waals surface area (Å²) in [5.41, 5.74) is 3.47. The predicted molar refractivity (Wildman–Crippen MR) is 94.4 cm³/mol. The maximum atomic E-state index is 12.4. The Balaban J connectivity index is 1.38. The molecule has 0 unspecified atom stereocenters. The van der Waals surface area contributed by atoms with E-state index in [1.54, 1.807) is 18.2 Å². The molecule has 25 heavy (non-hydrogen) atoms. The van der Waals surface area contributed by atoms with Gasteiger partial charge in [-0.25, -0.2) is 10.2 Å². The number of aromatic carboxylic acids is 1. The molecule has 5 nitrogen and oxygen atoms in total. The third-order valence-electron chi connectivity index (χ3n) is 6.28. The summed E-state index contributed by atoms with van der Waals surface area (Å²) >= 11 is 0. The first-order valence-electron chi connectivity index (χ1n) is 9.17. The number of hydrazone groups is 1. The molecule has 4 aliphatic carbocycles. The second kappa shape index (κ2) is 6.28. The van der Waals surface area contributed by atoms with Gasteiger partial charge in [-0.3, -0.25) is 4.79 Å². The van der Waals surface area contributed by atoms with Crippen molar-refractivity contribution in [1.29, 1.82) is 0 Å². The van der Waals surface area contributed by atoms with E-state index >= 15 is 0 Å². The van der Waals surface area contributed by atoms with Crippen molar-refractivity contribution in [2.45, 2.75) is 44.9 Å². The average Bonchev–Trinajstić information content (AvgIpc) is 2.53. The zero-order valence-corrected chi connectivity index (χ0v) is 14.3. The van der Waals surface area contributed by atoms with Gasteiger partial charge in [-0.15, -0.1) is 0 Å². The number of carbonyl (C=O) groups excluding carboxylic acids is 1. The van der Waals surface area contributed by atoms with E-state index in [9.17, 15) is 9.59 Å². The lowest BCUT2D eigenvalue weighted by atomic mass is 9.49. The lowest BCUT2D eigenvalue weighted by Gasteiger charge is -2.56. The quantitative estimate of drug-likeness (QED) is 0.636. The normalized spacial score (nSPS) is 32.9. The minimum atomic E-state index is -0.998. The van der Waals surface area contributed by atoms with Crippen LogP contribution in [0, 0.1) is 23.2 Å². The van der Waals surface area contributed by atoms with Crippen LogP contribution in [-0.4, -0.2) is 23.2 Å². The molecule has 0 saturated heterocycles. The maximum Gasteiger partial charge on any atom is 0.336 e. The number of amides is 1. The molecule has 0 aromatic heterocycles. The summed E-state index contributed by atoms with van der Waals surface area (Å²) in [7, 11) is 0. The molecule has 5 heteroatoms. The van der Waals surface area contributed by atoms with E-state index in [1.165, 1.54) is 50.8 Å². The number of benzene rings is 1. The van der Waals surface area contributed by atoms with Crippen LogP contribution in [0.25, 0.3) is 0 Å². The molecule has 4 saturated carbocycles. The number of rotatable bonds is 5. The van der Waals surface area contributed by atoms with Crippen molar-refractivity contribution in [3.8, 4) is 0 Å². The number of carboxylic acid groups (broad SMARTS) is 1. The molecule has 4 fully saturated rings. The summed E-state index contributed by atoms with van der Waals surface area (Å²) in [5.74, 6) is 1.42. The second-order valence-electron chi connectivity index (χ2n) is 8.28. The van der Waals surface area contributed by atoms with Crippen molar-refractivity contribution >= 4 is 18.1 Å². The van der Waals surface area contributed by atoms with Gasteiger partial charge in [0, 0.05) is 12.0 Å². The largest absolute Gasteiger partial charge is 0.478 e. The molecule has 1 aromatic carbocycles. The summed E-state index contributed by atoms with van der Waals surface area (Å²) in [6.07, 6.45) is 9.64. The Labute approximate surface area is 147 Å². The molecule has 4 bridgehead atoms. The van der Waals surface area contributed by atoms with E-state index in [2.05, 4.69) is 10.5 Å². The smallest absolute Gasteiger partial charge is 0.336 e. The van der Waals surface area contributed by atoms with Crippen LogP contribution >= 0.6 is 0 Å². The van der Waals surface area contributed by atoms with Crippen LogP contribution in [0.15, 0.2) is 29.4 Å². The number of nitrogens with zero attached hydrogens (tertiary/aromatic N) is 1. The first kappa shape index (κ1) is 16.3. The highest BCUT2D eigenvalue weighted by atomic mass is 16.4. The van der Waals surface area contributed by atoms with Crippen molar-refractivity contribution in [3.63, 3.8) is 0 Å². The lowest BCUT2D eigenvalue weighted by molar-refractivity contribution is -0.129. The molecular formula is C20H24N2O3. The van der Waals surface area contributed by atoms with Gasteiger partial charge in [0.05, 0.1) is 11.8 Å². The molecule has 1 amide bonds. The molecule has 0 heterocycles. The second-order valence-corrected chi connectivity index (χ2v) is 8.28. The molecule has 0 radical (unpaired) electrons. The minimum absolute atomic E-state index is 0.0500. The molecule has 2 N–H and O–H groups in total. The van der Waals surface area contributed by atoms with E-state index in [0.29, 0.717) is 12.0 Å². The molecule has 0 atom stereocenters. The van der Waals surface area contributed by atoms with Crippen molar-refractivity contribution in [2.75, 3.05) is 0 Å². The van der Waals surface area contributed by atoms with Crippen molar-refractivity contribution in [2.24, 2.45) is 28.3 Å². The fourth-order valence-electron chi connectivity index (χ4n) is 5.86. The number of carboxylic acids is 1. The highest BCUT2D eigenvalue weighted by Gasteiger charge is 2.51. The first-order chi connectivity index (χ1) is 12.0. The van der Waals surface area contributed by atoms with Crippen LogP contribution in [0.4, 0.5) is 0 Å². The van der Waals surface area contributed by atoms with E-state index in [-0.39, 0.29) is 16.9 Å². The fourth-order valence-corrected chi connectivity index (χ4v) is 5.86. The summed E-state index contributed by atoms with van der Waals surface area (Å²) in [6.45, 7) is 0. The topological polar surface area (TPSA) is 78.8 Å². The number of carbonyl (C=O) groups is 2. The third kappa shape index (κ3) is 3.32. The number of hydrogen-bond donors (Lipinski definition) is 2. The minimum Gasteiger partial charge on any atom is -0.478 e. The number of hydrogen-bond acceptors (Lipinski definition) is 3. The summed E-state index contributed by atoms with van der Waals surface area (Å²) in [4.78, 5) is 23.6. The average molecular weight is 340 g/mol. The molecule has 132 valence electrons. The zero-order valence-electron chi connectivity index (χ0n) is 14.3. The first-order valence-corrected chi connectivity index (χ1v) is 9.17. The Morgan fingerprint density at radius 2 is 1.72 bits per heavy atom. The third-order valence-corrected chi connectivity index (χ3v) is 6.28. The summed E-state index contributed by atoms with van der Waals surface area (Å²) in [5, 5.41) is 13.2. The Bertz CT molecular complexity index is 690. The Hall–Kier alpha value is -2.17. The van der Waals surface area contributed by atoms with Gasteiger partial charge in [0.1, 0.15) is 0 Å². The Morgan fingerprint density at radius 3 is 2.32 bits per heavy atom. The van der Waals surface area contributed by atoms with Crippen molar-refractivity contribution in [1.82, 2.24) is 5.43 Å². The molecule has 0 spiro atoms. The van der Waals surface area contributed by atoms with Crippen LogP contribution in [-0.2, 0) is 4.79 Å². The van der Waals surface area contributed by atoms with Crippen LogP contribution < -0.4 is 5.43 Å². The molecule has 0 aliphatic heterocycles. The highest BCUT2D eigenvalue weighted by Crippen LogP contribution is 2.61. The van der Waals surface area contributed by atoms with E-state index in [4.69, 9.17) is 5.11 Å². The summed E-state index contributed by atoms with van der Waals surface area (Å²) < 4.78 is 0. The summed E-state index contributed by atoms with van der Waals surface area (Å²) in [6, 6.07) is 6.64. The molecule has 4 aliphatic rings. The SMILES string of the molecule is O=C(CC12CC3CC(CC(C3)C1)C2)N/N=C/c1ccccc1C(=O)O. The molecule has 5 rings (SSSR count). The maximum absolute atomic E-state index is 12.4. The van der Waals surface area contributed by atoms with Crippen LogP contribution in [0.3, 0.4) is 0 Å². The van der Waals surface area contributed by atoms with E-state index in [0.717, 1.165) is 17.8 Å². The van der Waals surface area contributed by atoms with E-state index < -0.39 is 5.97 Å². The molecular weight excluding hydrogens is 316 g/mol. The standard InChI is InChI=1S/C20H24N2O3/c23-18(22-21-12-16-3-1-2-4-17(16)19(24)25)11-20-8-13-5-14(9-20)7-15(6-13)10-20/h1-4,12-15H,5-11H2,(H,22,23)(H,24,25)/b21-12+.